The molecule has 4 heteroatoms. The Hall–Kier alpha value is -1.58. The first-order valence-electron chi connectivity index (χ1n) is 5.53. The van der Waals surface area contributed by atoms with Gasteiger partial charge in [0, 0.05) is 19.6 Å². The van der Waals surface area contributed by atoms with Crippen molar-refractivity contribution in [1.29, 1.82) is 0 Å². The van der Waals surface area contributed by atoms with Gasteiger partial charge in [-0.3, -0.25) is 9.36 Å². The second-order valence-electron chi connectivity index (χ2n) is 4.41. The van der Waals surface area contributed by atoms with Gasteiger partial charge in [0.2, 0.25) is 0 Å². The third-order valence-corrected chi connectivity index (χ3v) is 3.01. The van der Waals surface area contributed by atoms with E-state index in [4.69, 9.17) is 0 Å². The molecule has 0 radical (unpaired) electrons. The Morgan fingerprint density at radius 1 is 1.44 bits per heavy atom. The summed E-state index contributed by atoms with van der Waals surface area (Å²) in [5.74, 6) is 1.57. The zero-order chi connectivity index (χ0) is 11.9. The highest BCUT2D eigenvalue weighted by Crippen LogP contribution is 2.22. The van der Waals surface area contributed by atoms with Crippen LogP contribution in [0.1, 0.15) is 25.2 Å². The first kappa shape index (κ1) is 10.9. The quantitative estimate of drug-likeness (QED) is 0.715. The maximum atomic E-state index is 12.0. The van der Waals surface area contributed by atoms with E-state index in [1.165, 1.54) is 0 Å². The number of hydrogen-bond acceptors (Lipinski definition) is 3. The van der Waals surface area contributed by atoms with Gasteiger partial charge in [-0.1, -0.05) is 6.08 Å². The first-order valence-corrected chi connectivity index (χ1v) is 5.53. The maximum absolute atomic E-state index is 12.0. The highest BCUT2D eigenvalue weighted by molar-refractivity contribution is 5.67. The highest BCUT2D eigenvalue weighted by Gasteiger charge is 2.21. The van der Waals surface area contributed by atoms with Crippen molar-refractivity contribution in [1.82, 2.24) is 9.55 Å². The smallest absolute Gasteiger partial charge is 0.262 e. The minimum absolute atomic E-state index is 0.0316. The van der Waals surface area contributed by atoms with E-state index in [9.17, 15) is 4.79 Å². The van der Waals surface area contributed by atoms with E-state index in [1.807, 2.05) is 19.1 Å². The van der Waals surface area contributed by atoms with Gasteiger partial charge in [-0.05, 0) is 26.8 Å². The first-order chi connectivity index (χ1) is 7.52. The molecule has 1 aromatic rings. The van der Waals surface area contributed by atoms with Crippen LogP contribution in [0.15, 0.2) is 10.9 Å². The largest absolute Gasteiger partial charge is 0.350 e. The number of aromatic nitrogens is 2. The molecular weight excluding hydrogens is 202 g/mol. The summed E-state index contributed by atoms with van der Waals surface area (Å²) in [7, 11) is 1.76. The maximum Gasteiger partial charge on any atom is 0.262 e. The fourth-order valence-electron chi connectivity index (χ4n) is 1.90. The second kappa shape index (κ2) is 3.77. The van der Waals surface area contributed by atoms with Crippen LogP contribution in [0.3, 0.4) is 0 Å². The van der Waals surface area contributed by atoms with E-state index >= 15 is 0 Å². The standard InChI is InChI=1S/C12H17N3O/c1-8(2)15-7-5-6-10-11(15)13-9(3)14(4)12(10)16/h5-6,8H,7H2,1-4H3. The summed E-state index contributed by atoms with van der Waals surface area (Å²) in [6.07, 6.45) is 3.89. The van der Waals surface area contributed by atoms with Crippen molar-refractivity contribution in [2.45, 2.75) is 26.8 Å². The minimum atomic E-state index is 0.0316. The highest BCUT2D eigenvalue weighted by atomic mass is 16.1. The Kier molecular flexibility index (Phi) is 2.58. The summed E-state index contributed by atoms with van der Waals surface area (Å²) < 4.78 is 1.59. The van der Waals surface area contributed by atoms with Gasteiger partial charge in [0.25, 0.3) is 5.56 Å². The van der Waals surface area contributed by atoms with E-state index in [0.29, 0.717) is 11.6 Å². The molecule has 0 fully saturated rings. The average Bonchev–Trinajstić information content (AvgIpc) is 2.25. The summed E-state index contributed by atoms with van der Waals surface area (Å²) in [5.41, 5.74) is 0.733. The second-order valence-corrected chi connectivity index (χ2v) is 4.41. The van der Waals surface area contributed by atoms with Gasteiger partial charge in [-0.15, -0.1) is 0 Å². The lowest BCUT2D eigenvalue weighted by Crippen LogP contribution is -2.37. The summed E-state index contributed by atoms with van der Waals surface area (Å²) in [4.78, 5) is 18.7. The molecule has 2 rings (SSSR count). The number of hydrogen-bond donors (Lipinski definition) is 0. The van der Waals surface area contributed by atoms with Crippen LogP contribution in [0.25, 0.3) is 6.08 Å². The van der Waals surface area contributed by atoms with Crippen LogP contribution in [0, 0.1) is 6.92 Å². The van der Waals surface area contributed by atoms with Crippen molar-refractivity contribution in [3.8, 4) is 0 Å². The number of anilines is 1. The monoisotopic (exact) mass is 219 g/mol. The van der Waals surface area contributed by atoms with Gasteiger partial charge >= 0.3 is 0 Å². The Balaban J connectivity index is 2.68. The van der Waals surface area contributed by atoms with Crippen molar-refractivity contribution < 1.29 is 0 Å². The van der Waals surface area contributed by atoms with Crippen molar-refractivity contribution in [2.24, 2.45) is 7.05 Å². The van der Waals surface area contributed by atoms with E-state index in [0.717, 1.165) is 18.2 Å². The number of rotatable bonds is 1. The molecule has 0 unspecified atom stereocenters. The van der Waals surface area contributed by atoms with Crippen molar-refractivity contribution in [2.75, 3.05) is 11.4 Å². The van der Waals surface area contributed by atoms with E-state index < -0.39 is 0 Å². The number of nitrogens with zero attached hydrogens (tertiary/aromatic N) is 3. The Morgan fingerprint density at radius 2 is 2.12 bits per heavy atom. The van der Waals surface area contributed by atoms with Gasteiger partial charge < -0.3 is 4.90 Å². The van der Waals surface area contributed by atoms with Gasteiger partial charge in [0.1, 0.15) is 11.6 Å². The lowest BCUT2D eigenvalue weighted by atomic mass is 10.1. The van der Waals surface area contributed by atoms with E-state index in [-0.39, 0.29) is 5.56 Å². The summed E-state index contributed by atoms with van der Waals surface area (Å²) in [6, 6.07) is 0.350. The molecule has 0 amide bonds. The molecule has 4 nitrogen and oxygen atoms in total. The molecule has 1 aliphatic rings. The van der Waals surface area contributed by atoms with E-state index in [1.54, 1.807) is 11.6 Å². The van der Waals surface area contributed by atoms with Gasteiger partial charge in [-0.2, -0.15) is 0 Å². The summed E-state index contributed by atoms with van der Waals surface area (Å²) >= 11 is 0. The van der Waals surface area contributed by atoms with Crippen LogP contribution in [0.5, 0.6) is 0 Å². The van der Waals surface area contributed by atoms with Crippen LogP contribution < -0.4 is 10.5 Å². The van der Waals surface area contributed by atoms with Gasteiger partial charge in [-0.25, -0.2) is 4.98 Å². The molecule has 1 aliphatic heterocycles. The van der Waals surface area contributed by atoms with Gasteiger partial charge in [0.15, 0.2) is 0 Å². The van der Waals surface area contributed by atoms with Crippen molar-refractivity contribution >= 4 is 11.9 Å². The average molecular weight is 219 g/mol. The van der Waals surface area contributed by atoms with Gasteiger partial charge in [0.05, 0.1) is 5.56 Å². The summed E-state index contributed by atoms with van der Waals surface area (Å²) in [6.45, 7) is 6.90. The lowest BCUT2D eigenvalue weighted by molar-refractivity contribution is 0.686. The molecule has 0 N–H and O–H groups in total. The molecule has 0 saturated carbocycles. The normalized spacial score (nSPS) is 14.4. The Morgan fingerprint density at radius 3 is 2.75 bits per heavy atom. The molecule has 1 aromatic heterocycles. The van der Waals surface area contributed by atoms with Crippen LogP contribution in [0.2, 0.25) is 0 Å². The molecule has 0 aliphatic carbocycles. The number of fused-ring (bicyclic) bond motifs is 1. The van der Waals surface area contributed by atoms with Crippen LogP contribution >= 0.6 is 0 Å². The predicted octanol–water partition coefficient (Wildman–Crippen LogP) is 1.33. The molecule has 0 atom stereocenters. The topological polar surface area (TPSA) is 38.1 Å². The molecule has 0 aromatic carbocycles. The molecule has 86 valence electrons. The van der Waals surface area contributed by atoms with Crippen LogP contribution in [-0.2, 0) is 7.05 Å². The van der Waals surface area contributed by atoms with Crippen molar-refractivity contribution in [3.05, 3.63) is 27.8 Å². The van der Waals surface area contributed by atoms with Crippen molar-refractivity contribution in [3.63, 3.8) is 0 Å². The fraction of sp³-hybridized carbons (Fsp3) is 0.500. The zero-order valence-corrected chi connectivity index (χ0v) is 10.2. The lowest BCUT2D eigenvalue weighted by Gasteiger charge is -2.30. The van der Waals surface area contributed by atoms with Crippen LogP contribution in [0.4, 0.5) is 5.82 Å². The molecule has 16 heavy (non-hydrogen) atoms. The predicted molar refractivity (Wildman–Crippen MR) is 65.7 cm³/mol. The molecule has 0 bridgehead atoms. The van der Waals surface area contributed by atoms with E-state index in [2.05, 4.69) is 23.7 Å². The molecule has 0 spiro atoms. The molecule has 0 saturated heterocycles. The minimum Gasteiger partial charge on any atom is -0.350 e. The zero-order valence-electron chi connectivity index (χ0n) is 10.2. The molecular formula is C12H17N3O. The Labute approximate surface area is 95.2 Å². The summed E-state index contributed by atoms with van der Waals surface area (Å²) in [5, 5.41) is 0. The third-order valence-electron chi connectivity index (χ3n) is 3.01. The van der Waals surface area contributed by atoms with Crippen LogP contribution in [-0.4, -0.2) is 22.1 Å². The number of aryl methyl sites for hydroxylation is 1. The Bertz CT molecular complexity index is 500. The fourth-order valence-corrected chi connectivity index (χ4v) is 1.90. The third kappa shape index (κ3) is 1.54. The SMILES string of the molecule is Cc1nc2c(c(=O)n1C)C=CCN2C(C)C. The molecule has 2 heterocycles.